The molecule has 0 unspecified atom stereocenters. The molecule has 3 fully saturated rings. The van der Waals surface area contributed by atoms with Crippen LogP contribution in [0, 0.1) is 18.7 Å². The van der Waals surface area contributed by atoms with Gasteiger partial charge in [-0.05, 0) is 69.8 Å². The molecule has 2 aliphatic heterocycles. The molecule has 2 amide bonds. The third kappa shape index (κ3) is 5.53. The first-order valence-electron chi connectivity index (χ1n) is 15.0. The van der Waals surface area contributed by atoms with Crippen molar-refractivity contribution < 1.29 is 14.0 Å². The monoisotopic (exact) mass is 580 g/mol. The number of fused-ring (bicyclic) bond motifs is 2. The molecule has 3 aliphatic rings. The number of thiazole rings is 1. The van der Waals surface area contributed by atoms with Crippen LogP contribution in [0.15, 0.2) is 30.6 Å². The van der Waals surface area contributed by atoms with Gasteiger partial charge in [0.2, 0.25) is 11.8 Å². The average Bonchev–Trinajstić information content (AvgIpc) is 3.76. The minimum absolute atomic E-state index is 0.0303. The summed E-state index contributed by atoms with van der Waals surface area (Å²) in [6, 6.07) is 4.17. The molecule has 3 N–H and O–H groups in total. The molecule has 2 aromatic heterocycles. The number of amides is 2. The predicted molar refractivity (Wildman–Crippen MR) is 159 cm³/mol. The summed E-state index contributed by atoms with van der Waals surface area (Å²) in [5.74, 6) is -0.145. The van der Waals surface area contributed by atoms with Crippen molar-refractivity contribution >= 4 is 34.1 Å². The maximum absolute atomic E-state index is 14.5. The first-order chi connectivity index (χ1) is 19.8. The lowest BCUT2D eigenvalue weighted by Crippen LogP contribution is -2.57. The standard InChI is InChI=1S/C31H41FN6O2S/c1-18-14-35-27(41-18)17-37-16-24(23-15-34-25-13-21(32)9-10-22(23)25)29-26(37)11-12-38(29)31(40)28(20-7-5-4-6-8-20)36-30(39)19(2)33-3/h9-10,13-15,19-20,24,26,28-29,33-34H,4-8,11-12,16-17H2,1-3H3,(H,36,39)/t19-,24+,26+,28-,29+/m0/s1. The molecule has 1 saturated carbocycles. The molecule has 10 heteroatoms. The Morgan fingerprint density at radius 3 is 2.76 bits per heavy atom. The number of aryl methyl sites for hydroxylation is 1. The molecule has 2 saturated heterocycles. The second-order valence-electron chi connectivity index (χ2n) is 12.1. The number of likely N-dealkylation sites (N-methyl/N-ethyl adjacent to an activating group) is 1. The fraction of sp³-hybridized carbons (Fsp3) is 0.581. The molecular formula is C31H41FN6O2S. The third-order valence-corrected chi connectivity index (χ3v) is 10.5. The molecule has 0 radical (unpaired) electrons. The van der Waals surface area contributed by atoms with E-state index in [2.05, 4.69) is 37.3 Å². The summed E-state index contributed by atoms with van der Waals surface area (Å²) in [5.41, 5.74) is 1.89. The van der Waals surface area contributed by atoms with Gasteiger partial charge in [0.15, 0.2) is 0 Å². The highest BCUT2D eigenvalue weighted by Crippen LogP contribution is 2.44. The fourth-order valence-electron chi connectivity index (χ4n) is 7.41. The number of aromatic nitrogens is 2. The third-order valence-electron chi connectivity index (χ3n) is 9.61. The number of likely N-dealkylation sites (tertiary alicyclic amines) is 2. The molecule has 41 heavy (non-hydrogen) atoms. The molecule has 0 spiro atoms. The van der Waals surface area contributed by atoms with Crippen molar-refractivity contribution in [3.05, 3.63) is 51.9 Å². The Kier molecular flexibility index (Phi) is 8.16. The van der Waals surface area contributed by atoms with Crippen LogP contribution >= 0.6 is 11.3 Å². The Hall–Kier alpha value is -2.82. The Bertz CT molecular complexity index is 1400. The van der Waals surface area contributed by atoms with Gasteiger partial charge in [0.25, 0.3) is 0 Å². The van der Waals surface area contributed by atoms with Gasteiger partial charge in [-0.1, -0.05) is 19.3 Å². The van der Waals surface area contributed by atoms with E-state index in [0.29, 0.717) is 6.54 Å². The second kappa shape index (κ2) is 11.8. The zero-order valence-corrected chi connectivity index (χ0v) is 25.0. The van der Waals surface area contributed by atoms with Crippen LogP contribution in [0.25, 0.3) is 10.9 Å². The molecule has 5 atom stereocenters. The van der Waals surface area contributed by atoms with Crippen molar-refractivity contribution in [1.82, 2.24) is 30.4 Å². The number of carbonyl (C=O) groups excluding carboxylic acids is 2. The Labute approximate surface area is 245 Å². The topological polar surface area (TPSA) is 93.4 Å². The van der Waals surface area contributed by atoms with Gasteiger partial charge >= 0.3 is 0 Å². The van der Waals surface area contributed by atoms with Crippen molar-refractivity contribution in [3.63, 3.8) is 0 Å². The van der Waals surface area contributed by atoms with Crippen LogP contribution in [-0.4, -0.2) is 75.9 Å². The van der Waals surface area contributed by atoms with Gasteiger partial charge in [-0.3, -0.25) is 14.5 Å². The van der Waals surface area contributed by atoms with E-state index in [0.717, 1.165) is 66.7 Å². The quantitative estimate of drug-likeness (QED) is 0.369. The highest BCUT2D eigenvalue weighted by atomic mass is 32.1. The van der Waals surface area contributed by atoms with E-state index in [1.165, 1.54) is 23.4 Å². The van der Waals surface area contributed by atoms with Gasteiger partial charge in [0.05, 0.1) is 18.6 Å². The van der Waals surface area contributed by atoms with Crippen molar-refractivity contribution in [2.75, 3.05) is 20.1 Å². The molecule has 1 aromatic carbocycles. The Morgan fingerprint density at radius 2 is 2.02 bits per heavy atom. The fourth-order valence-corrected chi connectivity index (χ4v) is 8.23. The highest BCUT2D eigenvalue weighted by molar-refractivity contribution is 7.11. The molecule has 4 heterocycles. The van der Waals surface area contributed by atoms with Crippen LogP contribution in [0.4, 0.5) is 4.39 Å². The largest absolute Gasteiger partial charge is 0.361 e. The summed E-state index contributed by atoms with van der Waals surface area (Å²) in [6.45, 7) is 6.10. The number of aromatic amines is 1. The summed E-state index contributed by atoms with van der Waals surface area (Å²) >= 11 is 1.72. The number of H-pyrrole nitrogens is 1. The van der Waals surface area contributed by atoms with Crippen molar-refractivity contribution in [2.45, 2.75) is 89.0 Å². The maximum atomic E-state index is 14.5. The minimum Gasteiger partial charge on any atom is -0.361 e. The maximum Gasteiger partial charge on any atom is 0.245 e. The van der Waals surface area contributed by atoms with Crippen molar-refractivity contribution in [1.29, 1.82) is 0 Å². The molecule has 1 aliphatic carbocycles. The first kappa shape index (κ1) is 28.3. The lowest BCUT2D eigenvalue weighted by atomic mass is 9.82. The number of benzene rings is 1. The van der Waals surface area contributed by atoms with Crippen LogP contribution in [0.3, 0.4) is 0 Å². The van der Waals surface area contributed by atoms with Crippen LogP contribution in [-0.2, 0) is 16.1 Å². The number of hydrogen-bond acceptors (Lipinski definition) is 6. The van der Waals surface area contributed by atoms with E-state index in [1.54, 1.807) is 18.4 Å². The zero-order chi connectivity index (χ0) is 28.7. The summed E-state index contributed by atoms with van der Waals surface area (Å²) in [5, 5.41) is 8.27. The Morgan fingerprint density at radius 1 is 1.22 bits per heavy atom. The van der Waals surface area contributed by atoms with Gasteiger partial charge < -0.3 is 20.5 Å². The van der Waals surface area contributed by atoms with Gasteiger partial charge in [0.1, 0.15) is 16.9 Å². The summed E-state index contributed by atoms with van der Waals surface area (Å²) in [6.07, 6.45) is 10.1. The van der Waals surface area contributed by atoms with Gasteiger partial charge in [-0.15, -0.1) is 11.3 Å². The van der Waals surface area contributed by atoms with Gasteiger partial charge in [-0.2, -0.15) is 0 Å². The lowest BCUT2D eigenvalue weighted by molar-refractivity contribution is -0.139. The smallest absolute Gasteiger partial charge is 0.245 e. The normalized spacial score (nSPS) is 25.0. The van der Waals surface area contributed by atoms with E-state index in [1.807, 2.05) is 25.4 Å². The Balaban J connectivity index is 1.34. The predicted octanol–water partition coefficient (Wildman–Crippen LogP) is 4.31. The van der Waals surface area contributed by atoms with Crippen LogP contribution < -0.4 is 10.6 Å². The number of hydrogen-bond donors (Lipinski definition) is 3. The molecule has 3 aromatic rings. The zero-order valence-electron chi connectivity index (χ0n) is 24.2. The molecular weight excluding hydrogens is 539 g/mol. The summed E-state index contributed by atoms with van der Waals surface area (Å²) < 4.78 is 14.0. The number of nitrogens with one attached hydrogen (secondary N) is 3. The van der Waals surface area contributed by atoms with Gasteiger partial charge in [0, 0.05) is 53.2 Å². The van der Waals surface area contributed by atoms with E-state index in [4.69, 9.17) is 0 Å². The molecule has 6 rings (SSSR count). The first-order valence-corrected chi connectivity index (χ1v) is 15.9. The number of nitrogens with zero attached hydrogens (tertiary/aromatic N) is 3. The summed E-state index contributed by atoms with van der Waals surface area (Å²) in [4.78, 5) is 41.3. The van der Waals surface area contributed by atoms with E-state index >= 15 is 0 Å². The SMILES string of the molecule is CN[C@@H](C)C(=O)N[C@H](C(=O)N1CC[C@@H]2[C@H]1[C@@H](c1c[nH]c3cc(F)ccc13)CN2Cc1ncc(C)s1)C1CCCCC1. The van der Waals surface area contributed by atoms with E-state index in [-0.39, 0.29) is 47.6 Å². The van der Waals surface area contributed by atoms with Crippen molar-refractivity contribution in [3.8, 4) is 0 Å². The van der Waals surface area contributed by atoms with Crippen LogP contribution in [0.5, 0.6) is 0 Å². The summed E-state index contributed by atoms with van der Waals surface area (Å²) in [7, 11) is 1.77. The van der Waals surface area contributed by atoms with E-state index < -0.39 is 6.04 Å². The molecule has 0 bridgehead atoms. The van der Waals surface area contributed by atoms with E-state index in [9.17, 15) is 14.0 Å². The number of rotatable bonds is 8. The highest BCUT2D eigenvalue weighted by Gasteiger charge is 2.52. The number of halogens is 1. The molecule has 8 nitrogen and oxygen atoms in total. The second-order valence-corrected chi connectivity index (χ2v) is 13.4. The van der Waals surface area contributed by atoms with Crippen molar-refractivity contribution in [2.24, 2.45) is 5.92 Å². The average molecular weight is 581 g/mol. The van der Waals surface area contributed by atoms with Gasteiger partial charge in [-0.25, -0.2) is 9.37 Å². The molecule has 220 valence electrons. The van der Waals surface area contributed by atoms with Crippen LogP contribution in [0.1, 0.15) is 66.8 Å². The minimum atomic E-state index is -0.522. The lowest BCUT2D eigenvalue weighted by Gasteiger charge is -2.36. The number of carbonyl (C=O) groups is 2. The van der Waals surface area contributed by atoms with Crippen LogP contribution in [0.2, 0.25) is 0 Å².